The molecule has 1 saturated heterocycles. The summed E-state index contributed by atoms with van der Waals surface area (Å²) in [5.41, 5.74) is -1.24. The van der Waals surface area contributed by atoms with E-state index in [1.54, 1.807) is 0 Å². The van der Waals surface area contributed by atoms with E-state index in [-0.39, 0.29) is 28.5 Å². The molecular weight excluding hydrogens is 320 g/mol. The van der Waals surface area contributed by atoms with Gasteiger partial charge in [-0.3, -0.25) is 0 Å². The highest BCUT2D eigenvalue weighted by atomic mass is 32.2. The van der Waals surface area contributed by atoms with Gasteiger partial charge < -0.3 is 9.67 Å². The average Bonchev–Trinajstić information content (AvgIpc) is 2.79. The van der Waals surface area contributed by atoms with Gasteiger partial charge in [0.25, 0.3) is 0 Å². The van der Waals surface area contributed by atoms with Crippen LogP contribution in [-0.2, 0) is 26.9 Å². The molecule has 0 aromatic carbocycles. The van der Waals surface area contributed by atoms with Gasteiger partial charge in [-0.1, -0.05) is 0 Å². The number of nitrogens with zero attached hydrogens (tertiary/aromatic N) is 1. The molecule has 21 heavy (non-hydrogen) atoms. The number of aromatic carboxylic acids is 1. The summed E-state index contributed by atoms with van der Waals surface area (Å²) < 4.78 is 51.1. The maximum absolute atomic E-state index is 12.3. The molecule has 2 heterocycles. The van der Waals surface area contributed by atoms with Crippen LogP contribution in [0.15, 0.2) is 17.2 Å². The number of hydrogen-bond donors (Lipinski definition) is 2. The van der Waals surface area contributed by atoms with Crippen molar-refractivity contribution >= 4 is 25.8 Å². The fourth-order valence-corrected chi connectivity index (χ4v) is 6.06. The largest absolute Gasteiger partial charge is 0.477 e. The molecule has 0 bridgehead atoms. The van der Waals surface area contributed by atoms with E-state index < -0.39 is 31.4 Å². The maximum atomic E-state index is 12.3. The van der Waals surface area contributed by atoms with Gasteiger partial charge in [-0.25, -0.2) is 26.4 Å². The lowest BCUT2D eigenvalue weighted by Gasteiger charge is -2.23. The van der Waals surface area contributed by atoms with E-state index >= 15 is 0 Å². The van der Waals surface area contributed by atoms with E-state index in [2.05, 4.69) is 4.72 Å². The zero-order valence-corrected chi connectivity index (χ0v) is 13.2. The quantitative estimate of drug-likeness (QED) is 0.770. The summed E-state index contributed by atoms with van der Waals surface area (Å²) >= 11 is 0. The Hall–Kier alpha value is -1.39. The van der Waals surface area contributed by atoms with E-state index in [4.69, 9.17) is 5.11 Å². The molecule has 1 aromatic rings. The second kappa shape index (κ2) is 4.82. The first-order valence-electron chi connectivity index (χ1n) is 6.08. The third-order valence-electron chi connectivity index (χ3n) is 3.39. The molecule has 0 aliphatic carbocycles. The summed E-state index contributed by atoms with van der Waals surface area (Å²) in [6.07, 6.45) is 1.37. The van der Waals surface area contributed by atoms with E-state index in [1.807, 2.05) is 0 Å². The van der Waals surface area contributed by atoms with Gasteiger partial charge in [-0.2, -0.15) is 0 Å². The Morgan fingerprint density at radius 2 is 2.10 bits per heavy atom. The van der Waals surface area contributed by atoms with Crippen molar-refractivity contribution in [3.05, 3.63) is 18.0 Å². The molecule has 2 rings (SSSR count). The third kappa shape index (κ3) is 3.27. The van der Waals surface area contributed by atoms with Gasteiger partial charge in [0.1, 0.15) is 10.6 Å². The molecule has 10 heteroatoms. The van der Waals surface area contributed by atoms with E-state index in [1.165, 1.54) is 24.7 Å². The molecule has 1 aliphatic heterocycles. The standard InChI is InChI=1S/C11H16N2O6S2/c1-11(3-4-20(16,17)7-11)12-21(18,19)8-5-9(10(14)15)13(2)6-8/h5-6,12H,3-4,7H2,1-2H3,(H,14,15). The third-order valence-corrected chi connectivity index (χ3v) is 6.90. The van der Waals surface area contributed by atoms with Crippen molar-refractivity contribution in [1.82, 2.24) is 9.29 Å². The van der Waals surface area contributed by atoms with Crippen molar-refractivity contribution in [2.45, 2.75) is 23.8 Å². The summed E-state index contributed by atoms with van der Waals surface area (Å²) in [6, 6.07) is 1.04. The van der Waals surface area contributed by atoms with Gasteiger partial charge in [0, 0.05) is 18.8 Å². The number of sulfonamides is 1. The van der Waals surface area contributed by atoms with Crippen LogP contribution in [0.25, 0.3) is 0 Å². The first-order chi connectivity index (χ1) is 9.44. The zero-order chi connectivity index (χ0) is 16.1. The SMILES string of the molecule is Cn1cc(S(=O)(=O)NC2(C)CCS(=O)(=O)C2)cc1C(=O)O. The first kappa shape index (κ1) is 16.0. The fourth-order valence-electron chi connectivity index (χ4n) is 2.37. The maximum Gasteiger partial charge on any atom is 0.352 e. The van der Waals surface area contributed by atoms with Gasteiger partial charge in [0.05, 0.1) is 11.5 Å². The van der Waals surface area contributed by atoms with Gasteiger partial charge in [0.2, 0.25) is 10.0 Å². The number of carboxylic acid groups (broad SMARTS) is 1. The fraction of sp³-hybridized carbons (Fsp3) is 0.545. The number of aromatic nitrogens is 1. The topological polar surface area (TPSA) is 123 Å². The van der Waals surface area contributed by atoms with Crippen molar-refractivity contribution in [2.75, 3.05) is 11.5 Å². The minimum atomic E-state index is -3.99. The van der Waals surface area contributed by atoms with Crippen molar-refractivity contribution in [1.29, 1.82) is 0 Å². The predicted molar refractivity (Wildman–Crippen MR) is 74.4 cm³/mol. The monoisotopic (exact) mass is 336 g/mol. The summed E-state index contributed by atoms with van der Waals surface area (Å²) in [6.45, 7) is 1.52. The second-order valence-electron chi connectivity index (χ2n) is 5.49. The highest BCUT2D eigenvalue weighted by molar-refractivity contribution is 7.92. The van der Waals surface area contributed by atoms with Gasteiger partial charge in [0.15, 0.2) is 9.84 Å². The summed E-state index contributed by atoms with van der Waals surface area (Å²) in [5.74, 6) is -1.58. The average molecular weight is 336 g/mol. The smallest absolute Gasteiger partial charge is 0.352 e. The van der Waals surface area contributed by atoms with Crippen LogP contribution >= 0.6 is 0 Å². The Morgan fingerprint density at radius 1 is 1.48 bits per heavy atom. The first-order valence-corrected chi connectivity index (χ1v) is 9.39. The normalized spacial score (nSPS) is 25.0. The van der Waals surface area contributed by atoms with Crippen LogP contribution in [0.5, 0.6) is 0 Å². The van der Waals surface area contributed by atoms with Crippen molar-refractivity contribution in [3.63, 3.8) is 0 Å². The number of rotatable bonds is 4. The van der Waals surface area contributed by atoms with E-state index in [9.17, 15) is 21.6 Å². The molecule has 118 valence electrons. The summed E-state index contributed by atoms with van der Waals surface area (Å²) in [7, 11) is -5.82. The predicted octanol–water partition coefficient (Wildman–Crippen LogP) is -0.421. The molecule has 1 aliphatic rings. The lowest BCUT2D eigenvalue weighted by molar-refractivity contribution is 0.0686. The van der Waals surface area contributed by atoms with Gasteiger partial charge >= 0.3 is 5.97 Å². The van der Waals surface area contributed by atoms with Crippen molar-refractivity contribution in [3.8, 4) is 0 Å². The molecule has 0 amide bonds. The number of sulfone groups is 1. The number of hydrogen-bond acceptors (Lipinski definition) is 5. The van der Waals surface area contributed by atoms with Crippen LogP contribution in [0.4, 0.5) is 0 Å². The molecule has 8 nitrogen and oxygen atoms in total. The Balaban J connectivity index is 2.31. The highest BCUT2D eigenvalue weighted by Gasteiger charge is 2.41. The number of carboxylic acids is 1. The number of carbonyl (C=O) groups is 1. The van der Waals surface area contributed by atoms with Crippen molar-refractivity contribution in [2.24, 2.45) is 7.05 Å². The van der Waals surface area contributed by atoms with E-state index in [0.717, 1.165) is 6.07 Å². The van der Waals surface area contributed by atoms with Crippen molar-refractivity contribution < 1.29 is 26.7 Å². The van der Waals surface area contributed by atoms with Crippen LogP contribution in [0.3, 0.4) is 0 Å². The number of aryl methyl sites for hydroxylation is 1. The van der Waals surface area contributed by atoms with Crippen LogP contribution in [0.1, 0.15) is 23.8 Å². The van der Waals surface area contributed by atoms with Crippen LogP contribution < -0.4 is 4.72 Å². The van der Waals surface area contributed by atoms with E-state index in [0.29, 0.717) is 0 Å². The van der Waals surface area contributed by atoms with Gasteiger partial charge in [-0.05, 0) is 19.4 Å². The van der Waals surface area contributed by atoms with Crippen LogP contribution in [0, 0.1) is 0 Å². The minimum absolute atomic E-state index is 0.0683. The molecule has 1 atom stereocenters. The summed E-state index contributed by atoms with van der Waals surface area (Å²) in [4.78, 5) is 10.7. The molecule has 2 N–H and O–H groups in total. The Morgan fingerprint density at radius 3 is 2.52 bits per heavy atom. The second-order valence-corrected chi connectivity index (χ2v) is 9.35. The van der Waals surface area contributed by atoms with Gasteiger partial charge in [-0.15, -0.1) is 0 Å². The molecule has 0 spiro atoms. The highest BCUT2D eigenvalue weighted by Crippen LogP contribution is 2.25. The minimum Gasteiger partial charge on any atom is -0.477 e. The summed E-state index contributed by atoms with van der Waals surface area (Å²) in [5, 5.41) is 8.93. The molecule has 1 unspecified atom stereocenters. The Bertz CT molecular complexity index is 793. The Kier molecular flexibility index (Phi) is 3.67. The van der Waals surface area contributed by atoms with Crippen LogP contribution in [0.2, 0.25) is 0 Å². The molecule has 1 fully saturated rings. The van der Waals surface area contributed by atoms with Crippen LogP contribution in [-0.4, -0.2) is 49.5 Å². The molecule has 0 radical (unpaired) electrons. The molecule has 1 aromatic heterocycles. The number of nitrogens with one attached hydrogen (secondary N) is 1. The zero-order valence-electron chi connectivity index (χ0n) is 11.5. The lowest BCUT2D eigenvalue weighted by Crippen LogP contribution is -2.46. The molecular formula is C11H16N2O6S2. The molecule has 0 saturated carbocycles. The lowest BCUT2D eigenvalue weighted by atomic mass is 10.0. The Labute approximate surface area is 122 Å².